The van der Waals surface area contributed by atoms with Crippen LogP contribution in [0.25, 0.3) is 22.0 Å². The molecule has 25 atom stereocenters. The summed E-state index contributed by atoms with van der Waals surface area (Å²) >= 11 is 0. The summed E-state index contributed by atoms with van der Waals surface area (Å²) in [4.78, 5) is 213. The van der Waals surface area contributed by atoms with Crippen molar-refractivity contribution in [2.24, 2.45) is 0 Å². The molecule has 0 N–H and O–H groups in total. The van der Waals surface area contributed by atoms with Crippen LogP contribution >= 0.6 is 0 Å². The molecular weight excluding hydrogens is 1750 g/mol. The van der Waals surface area contributed by atoms with Gasteiger partial charge in [0.15, 0.2) is 105 Å². The lowest BCUT2D eigenvalue weighted by atomic mass is 9.94. The van der Waals surface area contributed by atoms with Crippen LogP contribution in [0.4, 0.5) is 0 Å². The van der Waals surface area contributed by atoms with Gasteiger partial charge in [0.05, 0.1) is 6.20 Å². The maximum Gasteiger partial charge on any atom is 0.303 e. The summed E-state index contributed by atoms with van der Waals surface area (Å²) in [6.07, 6.45) is -41.6. The van der Waals surface area contributed by atoms with E-state index in [1.807, 2.05) is 35.1 Å². The van der Waals surface area contributed by atoms with Crippen LogP contribution < -0.4 is 0 Å². The normalized spacial score (nSPS) is 28.6. The highest BCUT2D eigenvalue weighted by Gasteiger charge is 2.64. The molecule has 5 aliphatic heterocycles. The molecule has 0 saturated carbocycles. The van der Waals surface area contributed by atoms with Crippen LogP contribution in [0.5, 0.6) is 0 Å². The minimum Gasteiger partial charge on any atom is -0.463 e. The van der Waals surface area contributed by atoms with Gasteiger partial charge in [-0.25, -0.2) is 0 Å². The van der Waals surface area contributed by atoms with Gasteiger partial charge in [0.1, 0.15) is 87.6 Å². The second kappa shape index (κ2) is 51.1. The molecule has 45 heteroatoms. The van der Waals surface area contributed by atoms with Crippen molar-refractivity contribution in [3.05, 3.63) is 48.7 Å². The molecule has 8 rings (SSSR count). The van der Waals surface area contributed by atoms with Crippen molar-refractivity contribution in [1.29, 1.82) is 0 Å². The minimum absolute atomic E-state index is 0.134. The largest absolute Gasteiger partial charge is 0.463 e. The zero-order valence-electron chi connectivity index (χ0n) is 75.6. The molecule has 6 heterocycles. The highest BCUT2D eigenvalue weighted by Crippen LogP contribution is 2.43. The first-order valence-corrected chi connectivity index (χ1v) is 42.6. The standard InChI is InChI=1S/C86H115N3O42/c1-42(90)107-37-62-67(112-47(6)95)72(117-52(11)100)77(82(123-62)106-35-28-24-22-20-18-17-19-21-23-27-34-89-36-61(87-88-89)60-33-29-31-58-30-25-26-32-59(58)60)131-86-81(122-57(16)105)76(71(116-51(10)99)66(127-86)41-111-46(5)94)130-85-80(121-56(15)104)75(70(115-50(9)98)65(126-85)40-110-45(4)93)129-84-79(120-55(14)103)74(69(114-49(8)97)64(125-84)39-109-44(3)92)128-83-78(119-54(13)102)73(118-53(12)101)68(113-48(7)96)63(124-83)38-108-43(2)91/h25-26,29-33,36,62-86H,17-24,27-28,34-35,37-41H2,1-16H3/t62-,63-,64-,65-,66-,67-,68-,69-,70-,71-,72+,73+,74+,75+,76+,77+,78+,79+,80+,81+,82+,83-,84-,85-,86-/m1/s1. The van der Waals surface area contributed by atoms with Gasteiger partial charge in [0, 0.05) is 129 Å². The summed E-state index contributed by atoms with van der Waals surface area (Å²) in [5.41, 5.74) is 1.81. The van der Waals surface area contributed by atoms with E-state index in [9.17, 15) is 76.7 Å². The lowest BCUT2D eigenvalue weighted by Crippen LogP contribution is -2.70. The second-order valence-electron chi connectivity index (χ2n) is 31.2. The summed E-state index contributed by atoms with van der Waals surface area (Å²) in [6.45, 7) is 11.1. The van der Waals surface area contributed by atoms with E-state index in [0.717, 1.165) is 184 Å². The Balaban J connectivity index is 1.17. The molecule has 726 valence electrons. The van der Waals surface area contributed by atoms with E-state index >= 15 is 0 Å². The smallest absolute Gasteiger partial charge is 0.303 e. The maximum atomic E-state index is 14.1. The summed E-state index contributed by atoms with van der Waals surface area (Å²) in [5, 5.41) is 11.0. The van der Waals surface area contributed by atoms with Crippen LogP contribution in [0.2, 0.25) is 0 Å². The van der Waals surface area contributed by atoms with E-state index in [-0.39, 0.29) is 6.61 Å². The van der Waals surface area contributed by atoms with E-state index in [4.69, 9.17) is 123 Å². The van der Waals surface area contributed by atoms with E-state index < -0.39 is 282 Å². The molecule has 0 amide bonds. The number of nitrogens with zero attached hydrogens (tertiary/aromatic N) is 3. The van der Waals surface area contributed by atoms with Gasteiger partial charge in [-0.3, -0.25) is 81.4 Å². The Morgan fingerprint density at radius 2 is 0.534 bits per heavy atom. The number of aromatic nitrogens is 3. The maximum absolute atomic E-state index is 14.1. The van der Waals surface area contributed by atoms with Crippen molar-refractivity contribution in [2.45, 2.75) is 335 Å². The molecule has 5 aliphatic rings. The van der Waals surface area contributed by atoms with E-state index in [1.165, 1.54) is 0 Å². The lowest BCUT2D eigenvalue weighted by molar-refractivity contribution is -0.397. The summed E-state index contributed by atoms with van der Waals surface area (Å²) in [7, 11) is 0. The molecule has 0 unspecified atom stereocenters. The SMILES string of the molecule is CC(=O)OC[C@H]1O[C@H](O[C@@H]2[C@H](OC(C)=O)[C@@H](O[C@@H]3[C@H](OC(C)=O)[C@@H](O[C@@H]4[C@H](OC(C)=O)[C@@H](O[C@@H]5[C@@H](OCCCCCCCCCCCCn6cc(-c7cccc8ccccc78)nn6)O[C@H](COC(C)=O)[C@@H](OC(C)=O)[C@@H]5OC(C)=O)O[C@H](COC(C)=O)[C@H]4OC(C)=O)O[C@H](COC(C)=O)[C@H]3OC(C)=O)O[C@H](COC(C)=O)[C@H]2OC(C)=O)[C@@H](OC(C)=O)[C@@H](OC(C)=O)[C@@H]1OC(C)=O. The number of carbonyl (C=O) groups is 16. The number of esters is 16. The highest BCUT2D eigenvalue weighted by molar-refractivity contribution is 5.95. The third-order valence-electron chi connectivity index (χ3n) is 20.4. The minimum atomic E-state index is -2.45. The Morgan fingerprint density at radius 3 is 0.863 bits per heavy atom. The van der Waals surface area contributed by atoms with Crippen LogP contribution in [0.15, 0.2) is 48.7 Å². The Morgan fingerprint density at radius 1 is 0.275 bits per heavy atom. The van der Waals surface area contributed by atoms with Crippen LogP contribution in [0, 0.1) is 0 Å². The molecule has 0 spiro atoms. The molecule has 131 heavy (non-hydrogen) atoms. The third kappa shape index (κ3) is 32.4. The number of ether oxygens (including phenoxy) is 26. The summed E-state index contributed by atoms with van der Waals surface area (Å²) < 4.78 is 159. The van der Waals surface area contributed by atoms with E-state index in [2.05, 4.69) is 28.5 Å². The van der Waals surface area contributed by atoms with Gasteiger partial charge in [-0.2, -0.15) is 0 Å². The van der Waals surface area contributed by atoms with Gasteiger partial charge in [-0.15, -0.1) is 5.10 Å². The summed E-state index contributed by atoms with van der Waals surface area (Å²) in [5.74, 6) is -17.3. The molecule has 0 bridgehead atoms. The van der Waals surface area contributed by atoms with E-state index in [1.54, 1.807) is 0 Å². The fourth-order valence-electron chi connectivity index (χ4n) is 15.4. The van der Waals surface area contributed by atoms with Crippen molar-refractivity contribution in [3.63, 3.8) is 0 Å². The second-order valence-corrected chi connectivity index (χ2v) is 31.2. The van der Waals surface area contributed by atoms with Crippen LogP contribution in [0.1, 0.15) is 175 Å². The zero-order chi connectivity index (χ0) is 96.0. The molecule has 1 aromatic heterocycles. The fraction of sp³-hybridized carbons (Fsp3) is 0.674. The number of rotatable bonds is 44. The van der Waals surface area contributed by atoms with Gasteiger partial charge in [0.2, 0.25) is 0 Å². The van der Waals surface area contributed by atoms with Gasteiger partial charge in [-0.1, -0.05) is 99.0 Å². The topological polar surface area (TPSA) is 544 Å². The number of carbonyl (C=O) groups excluding carboxylic acids is 16. The first kappa shape index (κ1) is 105. The average Bonchev–Trinajstić information content (AvgIpc) is 1.22. The highest BCUT2D eigenvalue weighted by atomic mass is 16.8. The predicted octanol–water partition coefficient (Wildman–Crippen LogP) is 4.25. The third-order valence-corrected chi connectivity index (χ3v) is 20.4. The van der Waals surface area contributed by atoms with Gasteiger partial charge >= 0.3 is 95.5 Å². The quantitative estimate of drug-likeness (QED) is 0.0434. The van der Waals surface area contributed by atoms with Crippen molar-refractivity contribution in [2.75, 3.05) is 39.6 Å². The summed E-state index contributed by atoms with van der Waals surface area (Å²) in [6, 6.07) is 14.2. The van der Waals surface area contributed by atoms with Crippen LogP contribution in [0.3, 0.4) is 0 Å². The van der Waals surface area contributed by atoms with Crippen molar-refractivity contribution < 1.29 is 200 Å². The molecule has 2 aromatic carbocycles. The molecular formula is C86H115N3O42. The Kier molecular flexibility index (Phi) is 41.1. The van der Waals surface area contributed by atoms with Crippen LogP contribution in [-0.2, 0) is 206 Å². The number of hydrogen-bond donors (Lipinski definition) is 0. The number of unbranched alkanes of at least 4 members (excludes halogenated alkanes) is 9. The van der Waals surface area contributed by atoms with Gasteiger partial charge in [0.25, 0.3) is 0 Å². The van der Waals surface area contributed by atoms with Crippen molar-refractivity contribution >= 4 is 106 Å². The zero-order valence-corrected chi connectivity index (χ0v) is 75.6. The van der Waals surface area contributed by atoms with Crippen molar-refractivity contribution in [1.82, 2.24) is 15.0 Å². The molecule has 0 radical (unpaired) electrons. The monoisotopic (exact) mass is 1860 g/mol. The Labute approximate surface area is 752 Å². The lowest BCUT2D eigenvalue weighted by Gasteiger charge is -2.51. The average molecular weight is 1860 g/mol. The predicted molar refractivity (Wildman–Crippen MR) is 432 cm³/mol. The van der Waals surface area contributed by atoms with E-state index in [0.29, 0.717) is 19.4 Å². The first-order valence-electron chi connectivity index (χ1n) is 42.6. The van der Waals surface area contributed by atoms with Crippen molar-refractivity contribution in [3.8, 4) is 11.3 Å². The van der Waals surface area contributed by atoms with Gasteiger partial charge in [-0.05, 0) is 23.6 Å². The molecule has 5 saturated heterocycles. The molecule has 0 aliphatic carbocycles. The van der Waals surface area contributed by atoms with Crippen LogP contribution in [-0.4, -0.2) is 304 Å². The molecule has 45 nitrogen and oxygen atoms in total. The fourth-order valence-corrected chi connectivity index (χ4v) is 15.4. The number of benzene rings is 2. The molecule has 5 fully saturated rings. The molecule has 3 aromatic rings. The first-order chi connectivity index (χ1) is 62.1. The van der Waals surface area contributed by atoms with Gasteiger partial charge < -0.3 is 123 Å². The number of aryl methyl sites for hydroxylation is 1. The Bertz CT molecular complexity index is 4420. The number of fused-ring (bicyclic) bond motifs is 1. The Hall–Kier alpha value is -11.0. The number of hydrogen-bond acceptors (Lipinski definition) is 44.